The van der Waals surface area contributed by atoms with E-state index < -0.39 is 0 Å². The van der Waals surface area contributed by atoms with Crippen LogP contribution in [0.15, 0.2) is 53.5 Å². The summed E-state index contributed by atoms with van der Waals surface area (Å²) in [6.07, 6.45) is 8.87. The molecule has 25 heavy (non-hydrogen) atoms. The number of nitrogens with zero attached hydrogens (tertiary/aromatic N) is 1. The summed E-state index contributed by atoms with van der Waals surface area (Å²) in [4.78, 5) is 16.8. The standard InChI is InChI=1S/C21H27NO2S/c1-16(20(23)17-7-5-4-6-8-17)19-10-9-18(25-3)15-21(19,2)22-11-13-24-14-12-22/h4-10,15-16,19H,11-14H2,1-3H3. The highest BCUT2D eigenvalue weighted by atomic mass is 32.2. The van der Waals surface area contributed by atoms with Crippen molar-refractivity contribution in [3.63, 3.8) is 0 Å². The predicted octanol–water partition coefficient (Wildman–Crippen LogP) is 4.03. The van der Waals surface area contributed by atoms with Crippen LogP contribution in [0, 0.1) is 11.8 Å². The Balaban J connectivity index is 1.90. The van der Waals surface area contributed by atoms with Crippen LogP contribution in [0.5, 0.6) is 0 Å². The molecule has 0 aromatic heterocycles. The molecular weight excluding hydrogens is 330 g/mol. The van der Waals surface area contributed by atoms with Gasteiger partial charge in [-0.05, 0) is 13.2 Å². The fraction of sp³-hybridized carbons (Fsp3) is 0.476. The molecule has 3 nitrogen and oxygen atoms in total. The molecule has 1 fully saturated rings. The topological polar surface area (TPSA) is 29.5 Å². The zero-order valence-electron chi connectivity index (χ0n) is 15.3. The van der Waals surface area contributed by atoms with Crippen molar-refractivity contribution in [3.05, 3.63) is 59.0 Å². The third-order valence-electron chi connectivity index (χ3n) is 5.52. The zero-order chi connectivity index (χ0) is 17.9. The van der Waals surface area contributed by atoms with Crippen molar-refractivity contribution in [2.24, 2.45) is 11.8 Å². The SMILES string of the molecule is CSC1=CC(C)(N2CCOCC2)C(C(C)C(=O)c2ccccc2)C=C1. The number of Topliss-reactive ketones (excluding diaryl/α,β-unsaturated/α-hetero) is 1. The molecule has 0 spiro atoms. The molecule has 1 aromatic rings. The van der Waals surface area contributed by atoms with Crippen LogP contribution < -0.4 is 0 Å². The van der Waals surface area contributed by atoms with Crippen molar-refractivity contribution in [1.82, 2.24) is 4.90 Å². The molecule has 134 valence electrons. The fourth-order valence-electron chi connectivity index (χ4n) is 4.00. The van der Waals surface area contributed by atoms with Crippen molar-refractivity contribution < 1.29 is 9.53 Å². The highest BCUT2D eigenvalue weighted by Gasteiger charge is 2.43. The van der Waals surface area contributed by atoms with Gasteiger partial charge in [-0.25, -0.2) is 0 Å². The molecule has 1 saturated heterocycles. The molecule has 1 aromatic carbocycles. The summed E-state index contributed by atoms with van der Waals surface area (Å²) in [5.41, 5.74) is 0.633. The smallest absolute Gasteiger partial charge is 0.166 e. The third-order valence-corrected chi connectivity index (χ3v) is 6.24. The molecule has 0 radical (unpaired) electrons. The first-order valence-corrected chi connectivity index (χ1v) is 10.2. The Bertz CT molecular complexity index is 664. The van der Waals surface area contributed by atoms with Gasteiger partial charge in [0, 0.05) is 40.9 Å². The molecule has 1 heterocycles. The number of thioether (sulfide) groups is 1. The number of ether oxygens (including phenoxy) is 1. The van der Waals surface area contributed by atoms with Crippen LogP contribution in [0.4, 0.5) is 0 Å². The number of carbonyl (C=O) groups excluding carboxylic acids is 1. The van der Waals surface area contributed by atoms with Crippen LogP contribution in [0.3, 0.4) is 0 Å². The van der Waals surface area contributed by atoms with E-state index in [1.54, 1.807) is 11.8 Å². The van der Waals surface area contributed by atoms with E-state index in [1.165, 1.54) is 4.91 Å². The van der Waals surface area contributed by atoms with Gasteiger partial charge in [0.15, 0.2) is 5.78 Å². The maximum absolute atomic E-state index is 13.1. The summed E-state index contributed by atoms with van der Waals surface area (Å²) >= 11 is 1.76. The van der Waals surface area contributed by atoms with Crippen LogP contribution in [-0.4, -0.2) is 48.8 Å². The molecule has 3 unspecified atom stereocenters. The third kappa shape index (κ3) is 3.76. The highest BCUT2D eigenvalue weighted by molar-refractivity contribution is 8.02. The van der Waals surface area contributed by atoms with Gasteiger partial charge in [0.2, 0.25) is 0 Å². The van der Waals surface area contributed by atoms with Crippen LogP contribution >= 0.6 is 11.8 Å². The van der Waals surface area contributed by atoms with E-state index in [0.717, 1.165) is 31.9 Å². The van der Waals surface area contributed by atoms with Gasteiger partial charge in [0.05, 0.1) is 13.2 Å². The lowest BCUT2D eigenvalue weighted by atomic mass is 9.71. The minimum atomic E-state index is -0.166. The molecule has 2 aliphatic rings. The van der Waals surface area contributed by atoms with Crippen molar-refractivity contribution in [1.29, 1.82) is 0 Å². The van der Waals surface area contributed by atoms with E-state index in [9.17, 15) is 4.79 Å². The van der Waals surface area contributed by atoms with Crippen molar-refractivity contribution in [2.75, 3.05) is 32.6 Å². The molecule has 0 bridgehead atoms. The highest BCUT2D eigenvalue weighted by Crippen LogP contribution is 2.40. The lowest BCUT2D eigenvalue weighted by Crippen LogP contribution is -2.57. The number of hydrogen-bond acceptors (Lipinski definition) is 4. The maximum atomic E-state index is 13.1. The second kappa shape index (κ2) is 7.90. The Labute approximate surface area is 155 Å². The summed E-state index contributed by atoms with van der Waals surface area (Å²) in [6, 6.07) is 9.65. The van der Waals surface area contributed by atoms with Crippen molar-refractivity contribution in [3.8, 4) is 0 Å². The number of hydrogen-bond donors (Lipinski definition) is 0. The molecule has 0 N–H and O–H groups in total. The van der Waals surface area contributed by atoms with Crippen LogP contribution in [0.1, 0.15) is 24.2 Å². The number of allylic oxidation sites excluding steroid dienone is 1. The van der Waals surface area contributed by atoms with Crippen molar-refractivity contribution >= 4 is 17.5 Å². The van der Waals surface area contributed by atoms with E-state index in [4.69, 9.17) is 4.74 Å². The number of rotatable bonds is 5. The predicted molar refractivity (Wildman–Crippen MR) is 105 cm³/mol. The van der Waals surface area contributed by atoms with Crippen LogP contribution in [0.2, 0.25) is 0 Å². The number of ketones is 1. The zero-order valence-corrected chi connectivity index (χ0v) is 16.1. The summed E-state index contributed by atoms with van der Waals surface area (Å²) in [5.74, 6) is 0.288. The fourth-order valence-corrected chi connectivity index (χ4v) is 4.57. The van der Waals surface area contributed by atoms with Gasteiger partial charge in [-0.3, -0.25) is 9.69 Å². The number of morpholine rings is 1. The summed E-state index contributed by atoms with van der Waals surface area (Å²) in [5, 5.41) is 0. The second-order valence-electron chi connectivity index (χ2n) is 6.98. The van der Waals surface area contributed by atoms with Gasteiger partial charge in [-0.1, -0.05) is 55.5 Å². The van der Waals surface area contributed by atoms with Gasteiger partial charge in [0.25, 0.3) is 0 Å². The van der Waals surface area contributed by atoms with Gasteiger partial charge in [-0.2, -0.15) is 0 Å². The van der Waals surface area contributed by atoms with Gasteiger partial charge in [-0.15, -0.1) is 11.8 Å². The summed E-state index contributed by atoms with van der Waals surface area (Å²) in [6.45, 7) is 7.68. The quantitative estimate of drug-likeness (QED) is 0.744. The van der Waals surface area contributed by atoms with Gasteiger partial charge >= 0.3 is 0 Å². The molecule has 4 heteroatoms. The van der Waals surface area contributed by atoms with Crippen LogP contribution in [-0.2, 0) is 4.74 Å². The van der Waals surface area contributed by atoms with Crippen LogP contribution in [0.25, 0.3) is 0 Å². The maximum Gasteiger partial charge on any atom is 0.166 e. The van der Waals surface area contributed by atoms with E-state index >= 15 is 0 Å². The minimum absolute atomic E-state index is 0.0776. The lowest BCUT2D eigenvalue weighted by Gasteiger charge is -2.48. The summed E-state index contributed by atoms with van der Waals surface area (Å²) in [7, 11) is 0. The largest absolute Gasteiger partial charge is 0.379 e. The van der Waals surface area contributed by atoms with E-state index in [1.807, 2.05) is 30.3 Å². The molecule has 1 aliphatic carbocycles. The average molecular weight is 358 g/mol. The summed E-state index contributed by atoms with van der Waals surface area (Å²) < 4.78 is 5.55. The molecule has 3 rings (SSSR count). The molecule has 1 aliphatic heterocycles. The Morgan fingerprint density at radius 1 is 1.28 bits per heavy atom. The second-order valence-corrected chi connectivity index (χ2v) is 7.86. The van der Waals surface area contributed by atoms with Gasteiger partial charge < -0.3 is 4.74 Å². The first kappa shape index (κ1) is 18.4. The Kier molecular flexibility index (Phi) is 5.82. The van der Waals surface area contributed by atoms with E-state index in [0.29, 0.717) is 0 Å². The van der Waals surface area contributed by atoms with Gasteiger partial charge in [0.1, 0.15) is 0 Å². The van der Waals surface area contributed by atoms with E-state index in [2.05, 4.69) is 43.2 Å². The first-order valence-electron chi connectivity index (χ1n) is 8.93. The lowest BCUT2D eigenvalue weighted by molar-refractivity contribution is -0.0193. The first-order chi connectivity index (χ1) is 12.1. The Hall–Kier alpha value is -1.36. The molecular formula is C21H27NO2S. The van der Waals surface area contributed by atoms with Crippen molar-refractivity contribution in [2.45, 2.75) is 19.4 Å². The number of carbonyl (C=O) groups is 1. The van der Waals surface area contributed by atoms with E-state index in [-0.39, 0.29) is 23.2 Å². The molecule has 3 atom stereocenters. The Morgan fingerprint density at radius 3 is 2.60 bits per heavy atom. The number of benzene rings is 1. The molecule has 0 saturated carbocycles. The Morgan fingerprint density at radius 2 is 1.96 bits per heavy atom. The minimum Gasteiger partial charge on any atom is -0.379 e. The monoisotopic (exact) mass is 357 g/mol. The molecule has 0 amide bonds. The normalized spacial score (nSPS) is 28.4. The average Bonchev–Trinajstić information content (AvgIpc) is 2.68.